The Morgan fingerprint density at radius 3 is 2.31 bits per heavy atom. The summed E-state index contributed by atoms with van der Waals surface area (Å²) in [6.45, 7) is 6.87. The van der Waals surface area contributed by atoms with Crippen LogP contribution in [-0.2, 0) is 4.43 Å². The van der Waals surface area contributed by atoms with Crippen molar-refractivity contribution in [2.45, 2.75) is 56.7 Å². The van der Waals surface area contributed by atoms with E-state index >= 15 is 0 Å². The molecule has 78 valence electrons. The molecule has 0 aromatic heterocycles. The van der Waals surface area contributed by atoms with E-state index in [4.69, 9.17) is 4.43 Å². The predicted octanol–water partition coefficient (Wildman–Crippen LogP) is 3.51. The highest BCUT2D eigenvalue weighted by molar-refractivity contribution is 7.99. The molecule has 0 aromatic rings. The third-order valence-electron chi connectivity index (χ3n) is 2.45. The highest BCUT2D eigenvalue weighted by Crippen LogP contribution is 2.30. The van der Waals surface area contributed by atoms with Gasteiger partial charge < -0.3 is 4.43 Å². The number of hydrogen-bond acceptors (Lipinski definition) is 2. The van der Waals surface area contributed by atoms with E-state index in [9.17, 15) is 0 Å². The number of thioether (sulfide) groups is 1. The van der Waals surface area contributed by atoms with Crippen molar-refractivity contribution in [3.05, 3.63) is 0 Å². The molecule has 0 aromatic carbocycles. The fourth-order valence-corrected chi connectivity index (χ4v) is 4.11. The van der Waals surface area contributed by atoms with Crippen LogP contribution in [0.3, 0.4) is 0 Å². The van der Waals surface area contributed by atoms with E-state index in [1.54, 1.807) is 0 Å². The van der Waals surface area contributed by atoms with E-state index in [0.717, 1.165) is 5.25 Å². The average Bonchev–Trinajstić information content (AvgIpc) is 2.02. The van der Waals surface area contributed by atoms with Crippen molar-refractivity contribution in [3.8, 4) is 0 Å². The van der Waals surface area contributed by atoms with Crippen molar-refractivity contribution in [1.29, 1.82) is 0 Å². The minimum absolute atomic E-state index is 0.551. The molecule has 0 saturated heterocycles. The Hall–Kier alpha value is 0.527. The first kappa shape index (κ1) is 11.6. The predicted molar refractivity (Wildman–Crippen MR) is 64.0 cm³/mol. The molecule has 2 unspecified atom stereocenters. The van der Waals surface area contributed by atoms with Crippen molar-refractivity contribution >= 4 is 20.1 Å². The monoisotopic (exact) mass is 218 g/mol. The summed E-state index contributed by atoms with van der Waals surface area (Å²) in [4.78, 5) is 0. The average molecular weight is 218 g/mol. The molecule has 13 heavy (non-hydrogen) atoms. The van der Waals surface area contributed by atoms with Crippen molar-refractivity contribution in [3.63, 3.8) is 0 Å². The molecular formula is C10H22OSSi. The molecule has 1 nitrogen and oxygen atoms in total. The zero-order valence-corrected chi connectivity index (χ0v) is 11.1. The third kappa shape index (κ3) is 4.04. The van der Waals surface area contributed by atoms with E-state index in [2.05, 4.69) is 25.9 Å². The smallest absolute Gasteiger partial charge is 0.184 e. The second kappa shape index (κ2) is 4.85. The first-order chi connectivity index (χ1) is 6.03. The van der Waals surface area contributed by atoms with E-state index in [-0.39, 0.29) is 0 Å². The van der Waals surface area contributed by atoms with Crippen LogP contribution in [0.15, 0.2) is 0 Å². The highest BCUT2D eigenvalue weighted by Gasteiger charge is 2.29. The molecule has 0 bridgehead atoms. The van der Waals surface area contributed by atoms with E-state index < -0.39 is 8.32 Å². The van der Waals surface area contributed by atoms with Crippen LogP contribution in [-0.4, -0.2) is 25.9 Å². The Labute approximate surface area is 87.8 Å². The lowest BCUT2D eigenvalue weighted by molar-refractivity contribution is 0.155. The topological polar surface area (TPSA) is 9.23 Å². The van der Waals surface area contributed by atoms with Crippen LogP contribution in [0, 0.1) is 0 Å². The first-order valence-corrected chi connectivity index (χ1v) is 9.93. The molecule has 0 N–H and O–H groups in total. The minimum Gasteiger partial charge on any atom is -0.414 e. The van der Waals surface area contributed by atoms with Gasteiger partial charge in [0, 0.05) is 5.25 Å². The summed E-state index contributed by atoms with van der Waals surface area (Å²) < 4.78 is 6.20. The molecule has 1 saturated carbocycles. The van der Waals surface area contributed by atoms with Crippen molar-refractivity contribution < 1.29 is 4.43 Å². The Kier molecular flexibility index (Phi) is 4.33. The van der Waals surface area contributed by atoms with Gasteiger partial charge in [-0.05, 0) is 38.7 Å². The quantitative estimate of drug-likeness (QED) is 0.670. The summed E-state index contributed by atoms with van der Waals surface area (Å²) in [5.74, 6) is 0. The Morgan fingerprint density at radius 1 is 1.15 bits per heavy atom. The van der Waals surface area contributed by atoms with Crippen LogP contribution in [0.5, 0.6) is 0 Å². The SMILES string of the molecule is CSC1CCCCC1O[Si](C)(C)C. The van der Waals surface area contributed by atoms with Gasteiger partial charge in [0.25, 0.3) is 0 Å². The number of rotatable bonds is 3. The molecule has 1 aliphatic rings. The van der Waals surface area contributed by atoms with E-state index in [1.165, 1.54) is 25.7 Å². The molecule has 0 amide bonds. The summed E-state index contributed by atoms with van der Waals surface area (Å²) >= 11 is 1.99. The summed E-state index contributed by atoms with van der Waals surface area (Å²) in [5, 5.41) is 0.764. The van der Waals surface area contributed by atoms with Gasteiger partial charge in [-0.1, -0.05) is 12.8 Å². The summed E-state index contributed by atoms with van der Waals surface area (Å²) in [6, 6.07) is 0. The van der Waals surface area contributed by atoms with Crippen LogP contribution < -0.4 is 0 Å². The minimum atomic E-state index is -1.32. The zero-order valence-electron chi connectivity index (χ0n) is 9.30. The molecule has 1 aliphatic carbocycles. The van der Waals surface area contributed by atoms with Gasteiger partial charge in [-0.2, -0.15) is 11.8 Å². The van der Waals surface area contributed by atoms with Gasteiger partial charge in [0.1, 0.15) is 0 Å². The Balaban J connectivity index is 2.45. The lowest BCUT2D eigenvalue weighted by Gasteiger charge is -2.35. The molecule has 0 aliphatic heterocycles. The van der Waals surface area contributed by atoms with E-state index in [0.29, 0.717) is 6.10 Å². The molecule has 0 radical (unpaired) electrons. The fourth-order valence-electron chi connectivity index (χ4n) is 1.92. The second-order valence-corrected chi connectivity index (χ2v) is 10.4. The van der Waals surface area contributed by atoms with Crippen LogP contribution in [0.1, 0.15) is 25.7 Å². The van der Waals surface area contributed by atoms with Gasteiger partial charge in [0.05, 0.1) is 6.10 Å². The molecule has 3 heteroatoms. The second-order valence-electron chi connectivity index (χ2n) is 4.83. The molecule has 0 spiro atoms. The molecule has 1 fully saturated rings. The molecule has 2 atom stereocenters. The van der Waals surface area contributed by atoms with Gasteiger partial charge in [-0.25, -0.2) is 0 Å². The first-order valence-electron chi connectivity index (χ1n) is 5.23. The normalized spacial score (nSPS) is 30.5. The van der Waals surface area contributed by atoms with Crippen LogP contribution in [0.4, 0.5) is 0 Å². The van der Waals surface area contributed by atoms with Crippen LogP contribution in [0.25, 0.3) is 0 Å². The molecule has 0 heterocycles. The zero-order chi connectivity index (χ0) is 9.90. The van der Waals surface area contributed by atoms with Crippen molar-refractivity contribution in [2.24, 2.45) is 0 Å². The van der Waals surface area contributed by atoms with Crippen LogP contribution in [0.2, 0.25) is 19.6 Å². The maximum Gasteiger partial charge on any atom is 0.184 e. The fraction of sp³-hybridized carbons (Fsp3) is 1.00. The largest absolute Gasteiger partial charge is 0.414 e. The number of hydrogen-bond donors (Lipinski definition) is 0. The van der Waals surface area contributed by atoms with Gasteiger partial charge in [-0.3, -0.25) is 0 Å². The van der Waals surface area contributed by atoms with Gasteiger partial charge in [0.15, 0.2) is 8.32 Å². The Bertz CT molecular complexity index is 155. The van der Waals surface area contributed by atoms with Crippen molar-refractivity contribution in [2.75, 3.05) is 6.26 Å². The van der Waals surface area contributed by atoms with Gasteiger partial charge >= 0.3 is 0 Å². The summed E-state index contributed by atoms with van der Waals surface area (Å²) in [6.07, 6.45) is 8.18. The van der Waals surface area contributed by atoms with E-state index in [1.807, 2.05) is 11.8 Å². The molecule has 1 rings (SSSR count). The molecular weight excluding hydrogens is 196 g/mol. The lowest BCUT2D eigenvalue weighted by atomic mass is 9.97. The summed E-state index contributed by atoms with van der Waals surface area (Å²) in [5.41, 5.74) is 0. The van der Waals surface area contributed by atoms with Gasteiger partial charge in [-0.15, -0.1) is 0 Å². The maximum atomic E-state index is 6.20. The summed E-state index contributed by atoms with van der Waals surface area (Å²) in [7, 11) is -1.32. The standard InChI is InChI=1S/C10H22OSSi/c1-12-10-8-6-5-7-9(10)11-13(2,3)4/h9-10H,5-8H2,1-4H3. The van der Waals surface area contributed by atoms with Crippen molar-refractivity contribution in [1.82, 2.24) is 0 Å². The Morgan fingerprint density at radius 2 is 1.77 bits per heavy atom. The third-order valence-corrected chi connectivity index (χ3v) is 4.60. The highest BCUT2D eigenvalue weighted by atomic mass is 32.2. The van der Waals surface area contributed by atoms with Crippen LogP contribution >= 0.6 is 11.8 Å². The van der Waals surface area contributed by atoms with Gasteiger partial charge in [0.2, 0.25) is 0 Å². The lowest BCUT2D eigenvalue weighted by Crippen LogP contribution is -2.39. The maximum absolute atomic E-state index is 6.20.